The predicted molar refractivity (Wildman–Crippen MR) is 162 cm³/mol. The lowest BCUT2D eigenvalue weighted by Crippen LogP contribution is -2.46. The number of hydrogen-bond acceptors (Lipinski definition) is 3. The first-order chi connectivity index (χ1) is 19.8. The Kier molecular flexibility index (Phi) is 7.05. The normalized spacial score (nSPS) is 37.5. The van der Waals surface area contributed by atoms with Gasteiger partial charge in [0.2, 0.25) is 0 Å². The lowest BCUT2D eigenvalue weighted by atomic mass is 9.57. The van der Waals surface area contributed by atoms with Crippen molar-refractivity contribution in [2.24, 2.45) is 17.8 Å². The van der Waals surface area contributed by atoms with Crippen LogP contribution in [0.1, 0.15) is 98.0 Å². The molecule has 4 fully saturated rings. The average molecular weight is 552 g/mol. The third-order valence-corrected chi connectivity index (χ3v) is 12.8. The number of hydrogen-bond donors (Lipinski definition) is 0. The fourth-order valence-corrected chi connectivity index (χ4v) is 11.5. The molecule has 0 N–H and O–H groups in total. The maximum atomic E-state index is 7.43. The molecule has 0 radical (unpaired) electrons. The monoisotopic (exact) mass is 551 g/mol. The Labute approximate surface area is 241 Å². The summed E-state index contributed by atoms with van der Waals surface area (Å²) >= 11 is 0. The van der Waals surface area contributed by atoms with Gasteiger partial charge in [-0.25, -0.2) is 4.67 Å². The standard InChI is InChI=1S/C36H42NO2P/c1-3-13-27(14-4-1)31-21-22-32(28-15-5-2-6-16-28)37(31)40-38-33-23-19-25-11-7-9-17-29(25)35(33)36-30-18-10-8-12-26(30)20-24-34(36)39-40/h1-7,9,11,13-17,26,30-36H,8,10,12,18-24H2/t26?,30?,31-,32-,33+,34-,35-,36?,40?/m1/s1. The molecule has 4 unspecified atom stereocenters. The van der Waals surface area contributed by atoms with Gasteiger partial charge in [-0.05, 0) is 85.0 Å². The molecule has 0 amide bonds. The van der Waals surface area contributed by atoms with Crippen LogP contribution in [0.3, 0.4) is 0 Å². The van der Waals surface area contributed by atoms with Crippen molar-refractivity contribution in [2.75, 3.05) is 0 Å². The number of fused-ring (bicyclic) bond motifs is 7. The minimum absolute atomic E-state index is 0.241. The van der Waals surface area contributed by atoms with Gasteiger partial charge in [0.05, 0.1) is 12.2 Å². The van der Waals surface area contributed by atoms with Crippen molar-refractivity contribution in [3.05, 3.63) is 107 Å². The van der Waals surface area contributed by atoms with Gasteiger partial charge in [0.15, 0.2) is 0 Å². The van der Waals surface area contributed by atoms with Crippen molar-refractivity contribution in [2.45, 2.75) is 94.4 Å². The van der Waals surface area contributed by atoms with E-state index >= 15 is 0 Å². The lowest BCUT2D eigenvalue weighted by Gasteiger charge is -2.49. The van der Waals surface area contributed by atoms with Crippen molar-refractivity contribution in [1.82, 2.24) is 4.67 Å². The zero-order chi connectivity index (χ0) is 26.5. The molecule has 2 heterocycles. The van der Waals surface area contributed by atoms with Crippen LogP contribution >= 0.6 is 8.53 Å². The van der Waals surface area contributed by atoms with E-state index in [-0.39, 0.29) is 6.10 Å². The minimum Gasteiger partial charge on any atom is -0.318 e. The molecule has 2 saturated carbocycles. The quantitative estimate of drug-likeness (QED) is 0.303. The Morgan fingerprint density at radius 3 is 2.00 bits per heavy atom. The van der Waals surface area contributed by atoms with Crippen LogP contribution in [-0.2, 0) is 15.5 Å². The molecule has 0 spiro atoms. The number of aryl methyl sites for hydroxylation is 1. The van der Waals surface area contributed by atoms with Crippen LogP contribution in [0, 0.1) is 17.8 Å². The Hall–Kier alpha value is -2.03. The van der Waals surface area contributed by atoms with E-state index in [9.17, 15) is 0 Å². The van der Waals surface area contributed by atoms with E-state index in [2.05, 4.69) is 89.6 Å². The summed E-state index contributed by atoms with van der Waals surface area (Å²) in [5, 5.41) is 0. The molecule has 3 aromatic rings. The number of nitrogens with zero attached hydrogens (tertiary/aromatic N) is 1. The van der Waals surface area contributed by atoms with Crippen molar-refractivity contribution in [3.8, 4) is 0 Å². The molecular formula is C36H42NO2P. The molecule has 8 rings (SSSR count). The summed E-state index contributed by atoms with van der Waals surface area (Å²) in [4.78, 5) is 0. The molecule has 3 aromatic carbocycles. The fourth-order valence-electron chi connectivity index (χ4n) is 9.29. The minimum atomic E-state index is -1.19. The van der Waals surface area contributed by atoms with Gasteiger partial charge in [0.1, 0.15) is 0 Å². The molecule has 3 nitrogen and oxygen atoms in total. The lowest BCUT2D eigenvalue weighted by molar-refractivity contribution is -0.0137. The van der Waals surface area contributed by atoms with E-state index in [1.807, 2.05) is 0 Å². The topological polar surface area (TPSA) is 21.7 Å². The van der Waals surface area contributed by atoms with Gasteiger partial charge >= 0.3 is 0 Å². The SMILES string of the molecule is c1ccc([C@H]2CC[C@H](c3ccccc3)N2P2O[C@H]3CCc4ccccc4[C@H]3C3C4CCCCC4CC[C@H]3O2)cc1. The maximum absolute atomic E-state index is 7.43. The van der Waals surface area contributed by atoms with Crippen LogP contribution in [0.15, 0.2) is 84.9 Å². The summed E-state index contributed by atoms with van der Waals surface area (Å²) in [5.74, 6) is 2.68. The first kappa shape index (κ1) is 25.7. The molecular weight excluding hydrogens is 509 g/mol. The van der Waals surface area contributed by atoms with Crippen LogP contribution in [-0.4, -0.2) is 16.9 Å². The smallest absolute Gasteiger partial charge is 0.260 e. The fraction of sp³-hybridized carbons (Fsp3) is 0.500. The zero-order valence-corrected chi connectivity index (χ0v) is 24.4. The van der Waals surface area contributed by atoms with Gasteiger partial charge in [-0.2, -0.15) is 0 Å². The van der Waals surface area contributed by atoms with E-state index < -0.39 is 8.53 Å². The molecule has 4 heteroatoms. The third-order valence-electron chi connectivity index (χ3n) is 11.0. The summed E-state index contributed by atoms with van der Waals surface area (Å²) in [6.45, 7) is 0. The van der Waals surface area contributed by atoms with Crippen LogP contribution in [0.5, 0.6) is 0 Å². The van der Waals surface area contributed by atoms with Crippen molar-refractivity contribution >= 4 is 8.53 Å². The van der Waals surface area contributed by atoms with Gasteiger partial charge < -0.3 is 9.05 Å². The zero-order valence-electron chi connectivity index (χ0n) is 23.5. The highest BCUT2D eigenvalue weighted by Gasteiger charge is 2.54. The molecule has 2 aliphatic heterocycles. The highest BCUT2D eigenvalue weighted by atomic mass is 31.2. The second-order valence-electron chi connectivity index (χ2n) is 13.0. The average Bonchev–Trinajstić information content (AvgIpc) is 3.39. The Morgan fingerprint density at radius 2 is 1.25 bits per heavy atom. The Balaban J connectivity index is 1.21. The molecule has 2 saturated heterocycles. The molecule has 3 aliphatic carbocycles. The number of benzene rings is 3. The summed E-state index contributed by atoms with van der Waals surface area (Å²) in [6, 6.07) is 32.3. The van der Waals surface area contributed by atoms with E-state index in [0.29, 0.717) is 30.0 Å². The summed E-state index contributed by atoms with van der Waals surface area (Å²) in [7, 11) is -1.19. The molecule has 208 valence electrons. The second kappa shape index (κ2) is 11.0. The van der Waals surface area contributed by atoms with Crippen LogP contribution in [0.2, 0.25) is 0 Å². The Morgan fingerprint density at radius 1 is 0.600 bits per heavy atom. The van der Waals surface area contributed by atoms with E-state index in [1.54, 1.807) is 11.1 Å². The summed E-state index contributed by atoms with van der Waals surface area (Å²) < 4.78 is 17.5. The highest BCUT2D eigenvalue weighted by molar-refractivity contribution is 7.44. The molecule has 0 aromatic heterocycles. The molecule has 0 bridgehead atoms. The van der Waals surface area contributed by atoms with Crippen LogP contribution in [0.25, 0.3) is 0 Å². The highest BCUT2D eigenvalue weighted by Crippen LogP contribution is 2.66. The number of rotatable bonds is 3. The second-order valence-corrected chi connectivity index (χ2v) is 14.3. The van der Waals surface area contributed by atoms with E-state index in [1.165, 1.54) is 49.7 Å². The van der Waals surface area contributed by atoms with Crippen LogP contribution in [0.4, 0.5) is 0 Å². The van der Waals surface area contributed by atoms with Crippen molar-refractivity contribution in [3.63, 3.8) is 0 Å². The molecule has 40 heavy (non-hydrogen) atoms. The molecule has 9 atom stereocenters. The van der Waals surface area contributed by atoms with Crippen LogP contribution < -0.4 is 0 Å². The van der Waals surface area contributed by atoms with Gasteiger partial charge in [0, 0.05) is 18.0 Å². The Bertz CT molecular complexity index is 1250. The van der Waals surface area contributed by atoms with Crippen molar-refractivity contribution in [1.29, 1.82) is 0 Å². The van der Waals surface area contributed by atoms with E-state index in [0.717, 1.165) is 37.5 Å². The maximum Gasteiger partial charge on any atom is 0.260 e. The predicted octanol–water partition coefficient (Wildman–Crippen LogP) is 9.52. The third kappa shape index (κ3) is 4.49. The van der Waals surface area contributed by atoms with Crippen molar-refractivity contribution < 1.29 is 9.05 Å². The summed E-state index contributed by atoms with van der Waals surface area (Å²) in [5.41, 5.74) is 5.93. The largest absolute Gasteiger partial charge is 0.318 e. The van der Waals surface area contributed by atoms with E-state index in [4.69, 9.17) is 9.05 Å². The van der Waals surface area contributed by atoms with Gasteiger partial charge in [0.25, 0.3) is 8.53 Å². The summed E-state index contributed by atoms with van der Waals surface area (Å²) in [6.07, 6.45) is 13.2. The molecule has 5 aliphatic rings. The first-order valence-corrected chi connectivity index (χ1v) is 17.1. The first-order valence-electron chi connectivity index (χ1n) is 15.9. The van der Waals surface area contributed by atoms with Gasteiger partial charge in [-0.3, -0.25) is 0 Å². The van der Waals surface area contributed by atoms with Gasteiger partial charge in [-0.1, -0.05) is 104 Å². The van der Waals surface area contributed by atoms with Gasteiger partial charge in [-0.15, -0.1) is 0 Å².